The predicted molar refractivity (Wildman–Crippen MR) is 70.8 cm³/mol. The first-order valence-corrected chi connectivity index (χ1v) is 6.05. The van der Waals surface area contributed by atoms with Crippen molar-refractivity contribution < 1.29 is 4.79 Å². The minimum atomic E-state index is 0.0538. The number of aryl methyl sites for hydroxylation is 2. The van der Waals surface area contributed by atoms with Crippen molar-refractivity contribution in [2.45, 2.75) is 20.3 Å². The van der Waals surface area contributed by atoms with Gasteiger partial charge in [-0.1, -0.05) is 15.9 Å². The number of anilines is 1. The van der Waals surface area contributed by atoms with Crippen molar-refractivity contribution in [3.8, 4) is 0 Å². The number of hydrogen-bond donors (Lipinski definition) is 2. The van der Waals surface area contributed by atoms with Crippen LogP contribution in [0, 0.1) is 13.8 Å². The summed E-state index contributed by atoms with van der Waals surface area (Å²) < 4.78 is 1.14. The van der Waals surface area contributed by atoms with Gasteiger partial charge in [0.05, 0.1) is 0 Å². The van der Waals surface area contributed by atoms with Gasteiger partial charge < -0.3 is 10.6 Å². The van der Waals surface area contributed by atoms with E-state index in [2.05, 4.69) is 52.5 Å². The van der Waals surface area contributed by atoms with E-state index >= 15 is 0 Å². The highest BCUT2D eigenvalue weighted by atomic mass is 79.9. The van der Waals surface area contributed by atoms with Crippen LogP contribution in [0.5, 0.6) is 0 Å². The standard InChI is InChI=1S/C12H17BrN2O/c1-8-6-10(7-9(2)12(8)13)15-5-4-11(16)14-3/h6-7,15H,4-5H2,1-3H3,(H,14,16). The van der Waals surface area contributed by atoms with Crippen LogP contribution < -0.4 is 10.6 Å². The van der Waals surface area contributed by atoms with Gasteiger partial charge in [0, 0.05) is 30.2 Å². The molecule has 16 heavy (non-hydrogen) atoms. The Morgan fingerprint density at radius 3 is 2.38 bits per heavy atom. The van der Waals surface area contributed by atoms with Gasteiger partial charge in [-0.3, -0.25) is 4.79 Å². The molecule has 1 aromatic carbocycles. The Hall–Kier alpha value is -1.03. The minimum Gasteiger partial charge on any atom is -0.385 e. The predicted octanol–water partition coefficient (Wildman–Crippen LogP) is 2.61. The summed E-state index contributed by atoms with van der Waals surface area (Å²) in [5.41, 5.74) is 3.45. The van der Waals surface area contributed by atoms with Crippen molar-refractivity contribution in [2.24, 2.45) is 0 Å². The first-order valence-electron chi connectivity index (χ1n) is 5.25. The largest absolute Gasteiger partial charge is 0.385 e. The van der Waals surface area contributed by atoms with Gasteiger partial charge in [0.2, 0.25) is 5.91 Å². The van der Waals surface area contributed by atoms with Gasteiger partial charge >= 0.3 is 0 Å². The third-order valence-corrected chi connectivity index (χ3v) is 3.65. The van der Waals surface area contributed by atoms with E-state index in [1.807, 2.05) is 0 Å². The normalized spacial score (nSPS) is 10.0. The summed E-state index contributed by atoms with van der Waals surface area (Å²) in [4.78, 5) is 11.0. The van der Waals surface area contributed by atoms with E-state index in [1.54, 1.807) is 7.05 Å². The van der Waals surface area contributed by atoms with Crippen LogP contribution in [0.1, 0.15) is 17.5 Å². The van der Waals surface area contributed by atoms with E-state index in [4.69, 9.17) is 0 Å². The average Bonchev–Trinajstić information content (AvgIpc) is 2.25. The molecule has 3 nitrogen and oxygen atoms in total. The van der Waals surface area contributed by atoms with Crippen LogP contribution >= 0.6 is 15.9 Å². The lowest BCUT2D eigenvalue weighted by Gasteiger charge is -2.10. The number of carbonyl (C=O) groups excluding carboxylic acids is 1. The van der Waals surface area contributed by atoms with Gasteiger partial charge in [-0.25, -0.2) is 0 Å². The molecule has 0 radical (unpaired) electrons. The van der Waals surface area contributed by atoms with Crippen molar-refractivity contribution >= 4 is 27.5 Å². The summed E-state index contributed by atoms with van der Waals surface area (Å²) in [6, 6.07) is 4.14. The molecule has 0 fully saturated rings. The maximum Gasteiger partial charge on any atom is 0.221 e. The number of nitrogens with one attached hydrogen (secondary N) is 2. The number of benzene rings is 1. The lowest BCUT2D eigenvalue weighted by atomic mass is 10.1. The third-order valence-electron chi connectivity index (χ3n) is 2.40. The summed E-state index contributed by atoms with van der Waals surface area (Å²) in [6.45, 7) is 4.77. The summed E-state index contributed by atoms with van der Waals surface area (Å²) in [6.07, 6.45) is 0.491. The van der Waals surface area contributed by atoms with Crippen LogP contribution in [0.25, 0.3) is 0 Å². The van der Waals surface area contributed by atoms with E-state index in [-0.39, 0.29) is 5.91 Å². The average molecular weight is 285 g/mol. The molecule has 1 rings (SSSR count). The molecule has 0 aromatic heterocycles. The zero-order chi connectivity index (χ0) is 12.1. The van der Waals surface area contributed by atoms with Gasteiger partial charge in [0.15, 0.2) is 0 Å². The molecule has 4 heteroatoms. The molecule has 0 spiro atoms. The van der Waals surface area contributed by atoms with Crippen LogP contribution in [0.2, 0.25) is 0 Å². The molecule has 0 saturated carbocycles. The molecular formula is C12H17BrN2O. The Morgan fingerprint density at radius 2 is 1.88 bits per heavy atom. The Morgan fingerprint density at radius 1 is 1.31 bits per heavy atom. The second-order valence-electron chi connectivity index (χ2n) is 3.77. The monoisotopic (exact) mass is 284 g/mol. The van der Waals surface area contributed by atoms with Crippen molar-refractivity contribution in [3.05, 3.63) is 27.7 Å². The fourth-order valence-corrected chi connectivity index (χ4v) is 1.72. The number of rotatable bonds is 4. The van der Waals surface area contributed by atoms with Crippen LogP contribution in [-0.2, 0) is 4.79 Å². The molecule has 0 aliphatic rings. The lowest BCUT2D eigenvalue weighted by Crippen LogP contribution is -2.20. The zero-order valence-corrected chi connectivity index (χ0v) is 11.4. The van der Waals surface area contributed by atoms with E-state index in [0.717, 1.165) is 10.2 Å². The van der Waals surface area contributed by atoms with Crippen molar-refractivity contribution in [1.82, 2.24) is 5.32 Å². The lowest BCUT2D eigenvalue weighted by molar-refractivity contribution is -0.120. The molecule has 0 aliphatic heterocycles. The van der Waals surface area contributed by atoms with E-state index < -0.39 is 0 Å². The number of amides is 1. The van der Waals surface area contributed by atoms with E-state index in [0.29, 0.717) is 13.0 Å². The second kappa shape index (κ2) is 5.89. The molecule has 88 valence electrons. The summed E-state index contributed by atoms with van der Waals surface area (Å²) in [5.74, 6) is 0.0538. The maximum absolute atomic E-state index is 11.0. The van der Waals surface area contributed by atoms with Crippen LogP contribution in [-0.4, -0.2) is 19.5 Å². The van der Waals surface area contributed by atoms with Crippen molar-refractivity contribution in [2.75, 3.05) is 18.9 Å². The highest BCUT2D eigenvalue weighted by Crippen LogP contribution is 2.24. The molecular weight excluding hydrogens is 268 g/mol. The summed E-state index contributed by atoms with van der Waals surface area (Å²) >= 11 is 3.52. The van der Waals surface area contributed by atoms with Gasteiger partial charge in [-0.2, -0.15) is 0 Å². The quantitative estimate of drug-likeness (QED) is 0.893. The molecule has 1 amide bonds. The topological polar surface area (TPSA) is 41.1 Å². The van der Waals surface area contributed by atoms with Gasteiger partial charge in [-0.15, -0.1) is 0 Å². The van der Waals surface area contributed by atoms with Crippen LogP contribution in [0.3, 0.4) is 0 Å². The van der Waals surface area contributed by atoms with Gasteiger partial charge in [0.1, 0.15) is 0 Å². The second-order valence-corrected chi connectivity index (χ2v) is 4.57. The fourth-order valence-electron chi connectivity index (χ4n) is 1.49. The Bertz CT molecular complexity index is 368. The summed E-state index contributed by atoms with van der Waals surface area (Å²) in [7, 11) is 1.65. The summed E-state index contributed by atoms with van der Waals surface area (Å²) in [5, 5.41) is 5.83. The zero-order valence-electron chi connectivity index (χ0n) is 9.86. The first kappa shape index (κ1) is 13.0. The number of halogens is 1. The number of carbonyl (C=O) groups is 1. The van der Waals surface area contributed by atoms with Crippen LogP contribution in [0.4, 0.5) is 5.69 Å². The molecule has 0 saturated heterocycles. The van der Waals surface area contributed by atoms with Crippen molar-refractivity contribution in [1.29, 1.82) is 0 Å². The molecule has 0 heterocycles. The highest BCUT2D eigenvalue weighted by molar-refractivity contribution is 9.10. The Kier molecular flexibility index (Phi) is 4.80. The van der Waals surface area contributed by atoms with E-state index in [9.17, 15) is 4.79 Å². The fraction of sp³-hybridized carbons (Fsp3) is 0.417. The number of hydrogen-bond acceptors (Lipinski definition) is 2. The van der Waals surface area contributed by atoms with Gasteiger partial charge in [0.25, 0.3) is 0 Å². The Labute approximate surface area is 105 Å². The molecule has 0 bridgehead atoms. The van der Waals surface area contributed by atoms with Gasteiger partial charge in [-0.05, 0) is 37.1 Å². The third kappa shape index (κ3) is 3.52. The smallest absolute Gasteiger partial charge is 0.221 e. The van der Waals surface area contributed by atoms with Crippen LogP contribution in [0.15, 0.2) is 16.6 Å². The molecule has 2 N–H and O–H groups in total. The highest BCUT2D eigenvalue weighted by Gasteiger charge is 2.02. The maximum atomic E-state index is 11.0. The Balaban J connectivity index is 2.58. The molecule has 0 aliphatic carbocycles. The molecule has 0 atom stereocenters. The minimum absolute atomic E-state index is 0.0538. The molecule has 0 unspecified atom stereocenters. The van der Waals surface area contributed by atoms with E-state index in [1.165, 1.54) is 11.1 Å². The molecule has 1 aromatic rings. The SMILES string of the molecule is CNC(=O)CCNc1cc(C)c(Br)c(C)c1. The first-order chi connectivity index (χ1) is 7.54. The van der Waals surface area contributed by atoms with Crippen molar-refractivity contribution in [3.63, 3.8) is 0 Å².